The van der Waals surface area contributed by atoms with Crippen LogP contribution in [-0.4, -0.2) is 38.9 Å². The van der Waals surface area contributed by atoms with E-state index in [1.54, 1.807) is 41.3 Å². The third kappa shape index (κ3) is 3.90. The molecule has 5 nitrogen and oxygen atoms in total. The zero-order chi connectivity index (χ0) is 18.7. The Hall–Kier alpha value is -2.34. The number of nitrogens with zero attached hydrogens (tertiary/aromatic N) is 2. The summed E-state index contributed by atoms with van der Waals surface area (Å²) in [4.78, 5) is 14.6. The van der Waals surface area contributed by atoms with Crippen molar-refractivity contribution in [2.45, 2.75) is 31.6 Å². The lowest BCUT2D eigenvalue weighted by Crippen LogP contribution is -2.42. The summed E-state index contributed by atoms with van der Waals surface area (Å²) in [6, 6.07) is 13.9. The predicted octanol–water partition coefficient (Wildman–Crippen LogP) is 3.12. The maximum atomic E-state index is 13.2. The highest BCUT2D eigenvalue weighted by atomic mass is 32.2. The monoisotopic (exact) mass is 372 g/mol. The van der Waals surface area contributed by atoms with E-state index < -0.39 is 10.0 Å². The summed E-state index contributed by atoms with van der Waals surface area (Å²) in [5.41, 5.74) is 2.52. The molecule has 0 unspecified atom stereocenters. The molecule has 3 rings (SSSR count). The molecule has 26 heavy (non-hydrogen) atoms. The lowest BCUT2D eigenvalue weighted by Gasteiger charge is -2.26. The molecule has 0 atom stereocenters. The second-order valence-electron chi connectivity index (χ2n) is 6.75. The molecule has 1 aliphatic rings. The minimum atomic E-state index is -3.82. The van der Waals surface area contributed by atoms with Crippen LogP contribution >= 0.6 is 0 Å². The molecule has 0 aliphatic carbocycles. The lowest BCUT2D eigenvalue weighted by molar-refractivity contribution is -0.128. The van der Waals surface area contributed by atoms with Gasteiger partial charge in [-0.25, -0.2) is 8.42 Å². The molecule has 1 saturated heterocycles. The largest absolute Gasteiger partial charge is 0.341 e. The summed E-state index contributed by atoms with van der Waals surface area (Å²) in [5, 5.41) is 0. The maximum Gasteiger partial charge on any atom is 0.264 e. The Morgan fingerprint density at radius 3 is 1.96 bits per heavy atom. The molecule has 2 aromatic rings. The van der Waals surface area contributed by atoms with Crippen LogP contribution in [0.4, 0.5) is 5.69 Å². The van der Waals surface area contributed by atoms with E-state index in [0.717, 1.165) is 24.0 Å². The fraction of sp³-hybridized carbons (Fsp3) is 0.350. The second-order valence-corrected chi connectivity index (χ2v) is 8.61. The molecule has 0 radical (unpaired) electrons. The van der Waals surface area contributed by atoms with Crippen LogP contribution in [0.25, 0.3) is 0 Å². The molecule has 1 aliphatic heterocycles. The van der Waals surface area contributed by atoms with Crippen LogP contribution in [0.5, 0.6) is 0 Å². The van der Waals surface area contributed by atoms with E-state index in [-0.39, 0.29) is 17.3 Å². The summed E-state index contributed by atoms with van der Waals surface area (Å²) in [6.45, 7) is 5.07. The number of benzene rings is 2. The molecule has 1 amide bonds. The van der Waals surface area contributed by atoms with E-state index in [9.17, 15) is 13.2 Å². The molecular formula is C20H24N2O3S. The minimum absolute atomic E-state index is 0.154. The van der Waals surface area contributed by atoms with Crippen LogP contribution in [0, 0.1) is 13.8 Å². The Labute approximate surface area is 155 Å². The Balaban J connectivity index is 1.97. The van der Waals surface area contributed by atoms with Crippen molar-refractivity contribution in [1.82, 2.24) is 4.90 Å². The number of carbonyl (C=O) groups is 1. The van der Waals surface area contributed by atoms with Gasteiger partial charge in [-0.3, -0.25) is 9.10 Å². The van der Waals surface area contributed by atoms with E-state index in [2.05, 4.69) is 0 Å². The Morgan fingerprint density at radius 2 is 1.42 bits per heavy atom. The van der Waals surface area contributed by atoms with Gasteiger partial charge in [0, 0.05) is 13.1 Å². The van der Waals surface area contributed by atoms with E-state index >= 15 is 0 Å². The molecule has 0 saturated carbocycles. The van der Waals surface area contributed by atoms with Crippen molar-refractivity contribution in [1.29, 1.82) is 0 Å². The predicted molar refractivity (Wildman–Crippen MR) is 103 cm³/mol. The van der Waals surface area contributed by atoms with Crippen molar-refractivity contribution in [2.75, 3.05) is 23.9 Å². The Kier molecular flexibility index (Phi) is 5.32. The van der Waals surface area contributed by atoms with Gasteiger partial charge in [-0.2, -0.15) is 0 Å². The number of likely N-dealkylation sites (tertiary alicyclic amines) is 1. The average Bonchev–Trinajstić information content (AvgIpc) is 3.15. The van der Waals surface area contributed by atoms with Gasteiger partial charge >= 0.3 is 0 Å². The fourth-order valence-corrected chi connectivity index (χ4v) is 4.47. The Morgan fingerprint density at radius 1 is 0.923 bits per heavy atom. The van der Waals surface area contributed by atoms with Crippen molar-refractivity contribution >= 4 is 21.6 Å². The quantitative estimate of drug-likeness (QED) is 0.810. The van der Waals surface area contributed by atoms with Gasteiger partial charge in [0.05, 0.1) is 10.6 Å². The highest BCUT2D eigenvalue weighted by Gasteiger charge is 2.29. The highest BCUT2D eigenvalue weighted by Crippen LogP contribution is 2.25. The van der Waals surface area contributed by atoms with E-state index in [0.29, 0.717) is 18.8 Å². The number of anilines is 1. The molecule has 1 fully saturated rings. The van der Waals surface area contributed by atoms with Gasteiger partial charge < -0.3 is 4.90 Å². The molecule has 2 aromatic carbocycles. The SMILES string of the molecule is Cc1ccc(N(CC(=O)N2CCCC2)S(=O)(=O)c2ccc(C)cc2)cc1. The van der Waals surface area contributed by atoms with Gasteiger partial charge in [-0.15, -0.1) is 0 Å². The zero-order valence-electron chi connectivity index (χ0n) is 15.2. The first-order chi connectivity index (χ1) is 12.4. The van der Waals surface area contributed by atoms with Gasteiger partial charge in [0.1, 0.15) is 6.54 Å². The molecule has 0 N–H and O–H groups in total. The lowest BCUT2D eigenvalue weighted by atomic mass is 10.2. The van der Waals surface area contributed by atoms with Crippen molar-refractivity contribution in [2.24, 2.45) is 0 Å². The first kappa shape index (κ1) is 18.5. The normalized spacial score (nSPS) is 14.5. The molecule has 0 spiro atoms. The summed E-state index contributed by atoms with van der Waals surface area (Å²) in [7, 11) is -3.82. The van der Waals surface area contributed by atoms with Crippen LogP contribution in [0.15, 0.2) is 53.4 Å². The molecule has 6 heteroatoms. The number of rotatable bonds is 5. The van der Waals surface area contributed by atoms with E-state index in [1.165, 1.54) is 4.31 Å². The highest BCUT2D eigenvalue weighted by molar-refractivity contribution is 7.92. The van der Waals surface area contributed by atoms with Gasteiger partial charge in [-0.1, -0.05) is 35.4 Å². The summed E-state index contributed by atoms with van der Waals surface area (Å²) < 4.78 is 27.7. The average molecular weight is 372 g/mol. The summed E-state index contributed by atoms with van der Waals surface area (Å²) >= 11 is 0. The van der Waals surface area contributed by atoms with Gasteiger partial charge in [0.2, 0.25) is 5.91 Å². The maximum absolute atomic E-state index is 13.2. The van der Waals surface area contributed by atoms with Gasteiger partial charge in [-0.05, 0) is 51.0 Å². The van der Waals surface area contributed by atoms with Crippen LogP contribution in [-0.2, 0) is 14.8 Å². The number of hydrogen-bond acceptors (Lipinski definition) is 3. The third-order valence-corrected chi connectivity index (χ3v) is 6.46. The molecule has 138 valence electrons. The van der Waals surface area contributed by atoms with Crippen LogP contribution in [0.1, 0.15) is 24.0 Å². The number of hydrogen-bond donors (Lipinski definition) is 0. The number of aryl methyl sites for hydroxylation is 2. The van der Waals surface area contributed by atoms with Crippen LogP contribution < -0.4 is 4.31 Å². The van der Waals surface area contributed by atoms with Crippen molar-refractivity contribution < 1.29 is 13.2 Å². The molecule has 1 heterocycles. The Bertz CT molecular complexity index is 868. The smallest absolute Gasteiger partial charge is 0.264 e. The van der Waals surface area contributed by atoms with Crippen molar-refractivity contribution in [3.05, 3.63) is 59.7 Å². The summed E-state index contributed by atoms with van der Waals surface area (Å²) in [5.74, 6) is -0.154. The molecule has 0 aromatic heterocycles. The van der Waals surface area contributed by atoms with Crippen LogP contribution in [0.3, 0.4) is 0 Å². The fourth-order valence-electron chi connectivity index (χ4n) is 3.05. The van der Waals surface area contributed by atoms with Crippen molar-refractivity contribution in [3.8, 4) is 0 Å². The molecule has 0 bridgehead atoms. The van der Waals surface area contributed by atoms with Crippen molar-refractivity contribution in [3.63, 3.8) is 0 Å². The number of carbonyl (C=O) groups excluding carboxylic acids is 1. The standard InChI is InChI=1S/C20H24N2O3S/c1-16-5-9-18(10-6-16)22(15-20(23)21-13-3-4-14-21)26(24,25)19-11-7-17(2)8-12-19/h5-12H,3-4,13-15H2,1-2H3. The first-order valence-corrected chi connectivity index (χ1v) is 10.3. The van der Waals surface area contributed by atoms with Gasteiger partial charge in [0.15, 0.2) is 0 Å². The third-order valence-electron chi connectivity index (χ3n) is 4.67. The number of amides is 1. The summed E-state index contributed by atoms with van der Waals surface area (Å²) in [6.07, 6.45) is 1.95. The zero-order valence-corrected chi connectivity index (χ0v) is 16.0. The topological polar surface area (TPSA) is 57.7 Å². The first-order valence-electron chi connectivity index (χ1n) is 8.82. The number of sulfonamides is 1. The second kappa shape index (κ2) is 7.50. The molecular weight excluding hydrogens is 348 g/mol. The van der Waals surface area contributed by atoms with E-state index in [1.807, 2.05) is 26.0 Å². The van der Waals surface area contributed by atoms with Crippen LogP contribution in [0.2, 0.25) is 0 Å². The van der Waals surface area contributed by atoms with Gasteiger partial charge in [0.25, 0.3) is 10.0 Å². The van der Waals surface area contributed by atoms with E-state index in [4.69, 9.17) is 0 Å². The minimum Gasteiger partial charge on any atom is -0.341 e.